The van der Waals surface area contributed by atoms with Crippen molar-refractivity contribution in [2.24, 2.45) is 0 Å². The smallest absolute Gasteiger partial charge is 0.338 e. The third-order valence-electron chi connectivity index (χ3n) is 5.65. The summed E-state index contributed by atoms with van der Waals surface area (Å²) >= 11 is 0. The highest BCUT2D eigenvalue weighted by Crippen LogP contribution is 2.25. The zero-order valence-electron chi connectivity index (χ0n) is 19.8. The van der Waals surface area contributed by atoms with Gasteiger partial charge in [0.2, 0.25) is 0 Å². The fraction of sp³-hybridized carbons (Fsp3) is 0.200. The molecule has 0 unspecified atom stereocenters. The molecule has 0 atom stereocenters. The van der Waals surface area contributed by atoms with E-state index >= 15 is 0 Å². The Morgan fingerprint density at radius 1 is 1.00 bits per heavy atom. The van der Waals surface area contributed by atoms with Gasteiger partial charge in [0.25, 0.3) is 0 Å². The van der Waals surface area contributed by atoms with Crippen molar-refractivity contribution in [3.63, 3.8) is 0 Å². The molecule has 3 aromatic carbocycles. The zero-order valence-corrected chi connectivity index (χ0v) is 19.8. The number of benzene rings is 3. The first kappa shape index (κ1) is 23.1. The summed E-state index contributed by atoms with van der Waals surface area (Å²) in [5, 5.41) is 0. The molecule has 0 N–H and O–H groups in total. The number of hydrogen-bond acceptors (Lipinski definition) is 3. The molecular weight excluding hydrogens is 420 g/mol. The standard InChI is InChI=1S/C30H28N2O2/c1-4-34-30(33)28-8-6-5-7-27(28)25-14-11-23(12-15-25)9-10-24-13-16-26(29(19-24)22(2)3)20-32-18-17-31-21-32/h5-8,11-19,21-22H,4,20H2,1-3H3. The molecule has 4 heteroatoms. The Kier molecular flexibility index (Phi) is 7.25. The normalized spacial score (nSPS) is 10.6. The van der Waals surface area contributed by atoms with E-state index in [0.29, 0.717) is 18.1 Å². The van der Waals surface area contributed by atoms with E-state index in [1.807, 2.05) is 61.9 Å². The van der Waals surface area contributed by atoms with Gasteiger partial charge in [0.1, 0.15) is 0 Å². The number of carbonyl (C=O) groups is 1. The summed E-state index contributed by atoms with van der Waals surface area (Å²) in [4.78, 5) is 16.4. The molecule has 4 rings (SSSR count). The first-order valence-corrected chi connectivity index (χ1v) is 11.5. The fourth-order valence-electron chi connectivity index (χ4n) is 3.93. The van der Waals surface area contributed by atoms with Gasteiger partial charge in [-0.2, -0.15) is 0 Å². The molecule has 34 heavy (non-hydrogen) atoms. The molecule has 4 nitrogen and oxygen atoms in total. The first-order chi connectivity index (χ1) is 16.5. The summed E-state index contributed by atoms with van der Waals surface area (Å²) < 4.78 is 7.28. The van der Waals surface area contributed by atoms with Crippen LogP contribution in [-0.4, -0.2) is 22.1 Å². The molecule has 0 saturated carbocycles. The molecule has 0 fully saturated rings. The van der Waals surface area contributed by atoms with Crippen molar-refractivity contribution in [3.05, 3.63) is 113 Å². The molecule has 0 aliphatic heterocycles. The highest BCUT2D eigenvalue weighted by atomic mass is 16.5. The van der Waals surface area contributed by atoms with Crippen molar-refractivity contribution < 1.29 is 9.53 Å². The molecule has 1 aromatic heterocycles. The van der Waals surface area contributed by atoms with E-state index in [0.717, 1.165) is 28.8 Å². The van der Waals surface area contributed by atoms with Crippen molar-refractivity contribution in [2.45, 2.75) is 33.2 Å². The van der Waals surface area contributed by atoms with E-state index in [-0.39, 0.29) is 5.97 Å². The average Bonchev–Trinajstić information content (AvgIpc) is 3.37. The number of hydrogen-bond donors (Lipinski definition) is 0. The van der Waals surface area contributed by atoms with E-state index in [4.69, 9.17) is 4.74 Å². The fourth-order valence-corrected chi connectivity index (χ4v) is 3.93. The molecular formula is C30H28N2O2. The second-order valence-corrected chi connectivity index (χ2v) is 8.40. The van der Waals surface area contributed by atoms with E-state index < -0.39 is 0 Å². The molecule has 0 aliphatic carbocycles. The van der Waals surface area contributed by atoms with Crippen LogP contribution in [-0.2, 0) is 11.3 Å². The van der Waals surface area contributed by atoms with Crippen molar-refractivity contribution >= 4 is 5.97 Å². The van der Waals surface area contributed by atoms with Crippen LogP contribution in [0.2, 0.25) is 0 Å². The summed E-state index contributed by atoms with van der Waals surface area (Å²) in [6, 6.07) is 21.9. The summed E-state index contributed by atoms with van der Waals surface area (Å²) in [6.45, 7) is 7.37. The summed E-state index contributed by atoms with van der Waals surface area (Å²) in [6.07, 6.45) is 5.62. The van der Waals surface area contributed by atoms with Crippen molar-refractivity contribution in [2.75, 3.05) is 6.61 Å². The second kappa shape index (κ2) is 10.7. The predicted molar refractivity (Wildman–Crippen MR) is 136 cm³/mol. The minimum Gasteiger partial charge on any atom is -0.462 e. The number of aromatic nitrogens is 2. The van der Waals surface area contributed by atoms with E-state index in [1.54, 1.807) is 12.3 Å². The van der Waals surface area contributed by atoms with Crippen LogP contribution in [0.4, 0.5) is 0 Å². The monoisotopic (exact) mass is 448 g/mol. The lowest BCUT2D eigenvalue weighted by Crippen LogP contribution is -2.06. The lowest BCUT2D eigenvalue weighted by molar-refractivity contribution is 0.0527. The van der Waals surface area contributed by atoms with Gasteiger partial charge in [0.15, 0.2) is 0 Å². The van der Waals surface area contributed by atoms with Gasteiger partial charge in [0, 0.05) is 30.1 Å². The Morgan fingerprint density at radius 3 is 2.44 bits per heavy atom. The van der Waals surface area contributed by atoms with Crippen LogP contribution in [0, 0.1) is 11.8 Å². The van der Waals surface area contributed by atoms with E-state index in [2.05, 4.69) is 53.4 Å². The van der Waals surface area contributed by atoms with Gasteiger partial charge >= 0.3 is 5.97 Å². The molecule has 0 radical (unpaired) electrons. The maximum Gasteiger partial charge on any atom is 0.338 e. The first-order valence-electron chi connectivity index (χ1n) is 11.5. The van der Waals surface area contributed by atoms with Crippen LogP contribution in [0.3, 0.4) is 0 Å². The molecule has 0 amide bonds. The summed E-state index contributed by atoms with van der Waals surface area (Å²) in [7, 11) is 0. The number of rotatable bonds is 6. The molecule has 0 bridgehead atoms. The van der Waals surface area contributed by atoms with Gasteiger partial charge in [-0.05, 0) is 65.4 Å². The average molecular weight is 449 g/mol. The predicted octanol–water partition coefficient (Wildman–Crippen LogP) is 6.30. The Balaban J connectivity index is 1.55. The third-order valence-corrected chi connectivity index (χ3v) is 5.65. The van der Waals surface area contributed by atoms with Crippen LogP contribution in [0.15, 0.2) is 85.5 Å². The zero-order chi connectivity index (χ0) is 23.9. The Hall–Kier alpha value is -4.10. The Bertz CT molecular complexity index is 1320. The SMILES string of the molecule is CCOC(=O)c1ccccc1-c1ccc(C#Cc2ccc(Cn3ccnc3)c(C(C)C)c2)cc1. The molecule has 0 saturated heterocycles. The summed E-state index contributed by atoms with van der Waals surface area (Å²) in [5.41, 5.74) is 6.88. The van der Waals surface area contributed by atoms with Crippen molar-refractivity contribution in [1.82, 2.24) is 9.55 Å². The highest BCUT2D eigenvalue weighted by molar-refractivity contribution is 5.97. The van der Waals surface area contributed by atoms with Gasteiger partial charge in [-0.3, -0.25) is 0 Å². The molecule has 170 valence electrons. The van der Waals surface area contributed by atoms with Gasteiger partial charge in [-0.1, -0.05) is 62.1 Å². The van der Waals surface area contributed by atoms with E-state index in [1.165, 1.54) is 11.1 Å². The Labute approximate surface area is 201 Å². The van der Waals surface area contributed by atoms with Gasteiger partial charge in [-0.25, -0.2) is 9.78 Å². The minimum absolute atomic E-state index is 0.306. The summed E-state index contributed by atoms with van der Waals surface area (Å²) in [5.74, 6) is 6.67. The van der Waals surface area contributed by atoms with Crippen molar-refractivity contribution in [3.8, 4) is 23.0 Å². The topological polar surface area (TPSA) is 44.1 Å². The van der Waals surface area contributed by atoms with Crippen LogP contribution >= 0.6 is 0 Å². The third kappa shape index (κ3) is 5.44. The minimum atomic E-state index is -0.306. The van der Waals surface area contributed by atoms with Gasteiger partial charge in [-0.15, -0.1) is 0 Å². The largest absolute Gasteiger partial charge is 0.462 e. The molecule has 1 heterocycles. The van der Waals surface area contributed by atoms with Crippen LogP contribution in [0.5, 0.6) is 0 Å². The Morgan fingerprint density at radius 2 is 1.74 bits per heavy atom. The second-order valence-electron chi connectivity index (χ2n) is 8.40. The number of nitrogens with zero attached hydrogens (tertiary/aromatic N) is 2. The lowest BCUT2D eigenvalue weighted by Gasteiger charge is -2.14. The van der Waals surface area contributed by atoms with Crippen LogP contribution in [0.1, 0.15) is 59.3 Å². The van der Waals surface area contributed by atoms with Gasteiger partial charge in [0.05, 0.1) is 18.5 Å². The number of ether oxygens (including phenoxy) is 1. The van der Waals surface area contributed by atoms with Crippen LogP contribution in [0.25, 0.3) is 11.1 Å². The number of imidazole rings is 1. The quantitative estimate of drug-likeness (QED) is 0.257. The molecule has 4 aromatic rings. The van der Waals surface area contributed by atoms with Crippen LogP contribution < -0.4 is 0 Å². The molecule has 0 spiro atoms. The van der Waals surface area contributed by atoms with Crippen molar-refractivity contribution in [1.29, 1.82) is 0 Å². The van der Waals surface area contributed by atoms with Gasteiger partial charge < -0.3 is 9.30 Å². The highest BCUT2D eigenvalue weighted by Gasteiger charge is 2.13. The number of carbonyl (C=O) groups excluding carboxylic acids is 1. The number of esters is 1. The maximum atomic E-state index is 12.3. The molecule has 0 aliphatic rings. The lowest BCUT2D eigenvalue weighted by atomic mass is 9.94. The van der Waals surface area contributed by atoms with E-state index in [9.17, 15) is 4.79 Å². The maximum absolute atomic E-state index is 12.3.